The molecule has 0 aromatic heterocycles. The van der Waals surface area contributed by atoms with Crippen LogP contribution in [0.5, 0.6) is 0 Å². The average Bonchev–Trinajstić information content (AvgIpc) is 2.69. The van der Waals surface area contributed by atoms with Crippen LogP contribution in [-0.2, 0) is 4.79 Å². The first kappa shape index (κ1) is 19.1. The fourth-order valence-corrected chi connectivity index (χ4v) is 3.02. The third-order valence-corrected chi connectivity index (χ3v) is 4.66. The van der Waals surface area contributed by atoms with Gasteiger partial charge in [0.2, 0.25) is 5.91 Å². The molecule has 1 saturated heterocycles. The Morgan fingerprint density at radius 2 is 2.05 bits per heavy atom. The maximum absolute atomic E-state index is 12.0. The molecule has 5 nitrogen and oxygen atoms in total. The van der Waals surface area contributed by atoms with Crippen molar-refractivity contribution >= 4 is 23.7 Å². The molecular formula is C13H22F3N3O2S. The Morgan fingerprint density at radius 1 is 1.36 bits per heavy atom. The molecule has 128 valence electrons. The first-order valence-corrected chi connectivity index (χ1v) is 8.44. The third kappa shape index (κ3) is 6.87. The summed E-state index contributed by atoms with van der Waals surface area (Å²) in [4.78, 5) is 25.3. The van der Waals surface area contributed by atoms with Crippen LogP contribution in [0.3, 0.4) is 0 Å². The summed E-state index contributed by atoms with van der Waals surface area (Å²) in [7, 11) is 0. The number of amides is 3. The molecule has 0 spiro atoms. The molecule has 0 aromatic rings. The van der Waals surface area contributed by atoms with Crippen LogP contribution in [-0.4, -0.2) is 60.2 Å². The molecule has 0 aliphatic carbocycles. The molecule has 1 aliphatic rings. The Labute approximate surface area is 132 Å². The van der Waals surface area contributed by atoms with Gasteiger partial charge in [0.1, 0.15) is 6.54 Å². The average molecular weight is 341 g/mol. The minimum Gasteiger partial charge on any atom is -0.329 e. The Bertz CT molecular complexity index is 393. The van der Waals surface area contributed by atoms with Crippen molar-refractivity contribution in [3.8, 4) is 0 Å². The lowest BCUT2D eigenvalue weighted by Gasteiger charge is -2.28. The highest BCUT2D eigenvalue weighted by Gasteiger charge is 2.29. The topological polar surface area (TPSA) is 61.4 Å². The maximum Gasteiger partial charge on any atom is 0.405 e. The zero-order valence-electron chi connectivity index (χ0n) is 12.7. The largest absolute Gasteiger partial charge is 0.405 e. The van der Waals surface area contributed by atoms with E-state index in [1.165, 1.54) is 0 Å². The molecule has 0 saturated carbocycles. The van der Waals surface area contributed by atoms with E-state index < -0.39 is 30.7 Å². The van der Waals surface area contributed by atoms with Gasteiger partial charge in [0.05, 0.1) is 6.04 Å². The van der Waals surface area contributed by atoms with Crippen molar-refractivity contribution in [3.05, 3.63) is 0 Å². The highest BCUT2D eigenvalue weighted by molar-refractivity contribution is 7.99. The van der Waals surface area contributed by atoms with Crippen molar-refractivity contribution in [3.63, 3.8) is 0 Å². The van der Waals surface area contributed by atoms with Gasteiger partial charge in [-0.3, -0.25) is 15.0 Å². The molecule has 1 rings (SSSR count). The van der Waals surface area contributed by atoms with E-state index >= 15 is 0 Å². The molecular weight excluding hydrogens is 319 g/mol. The van der Waals surface area contributed by atoms with Gasteiger partial charge in [-0.1, -0.05) is 6.42 Å². The van der Waals surface area contributed by atoms with Crippen molar-refractivity contribution in [2.24, 2.45) is 0 Å². The van der Waals surface area contributed by atoms with Gasteiger partial charge in [-0.15, -0.1) is 0 Å². The van der Waals surface area contributed by atoms with Crippen LogP contribution >= 0.6 is 11.8 Å². The molecule has 2 atom stereocenters. The summed E-state index contributed by atoms with van der Waals surface area (Å²) in [5, 5.41) is 4.02. The predicted molar refractivity (Wildman–Crippen MR) is 79.8 cm³/mol. The normalized spacial score (nSPS) is 21.8. The summed E-state index contributed by atoms with van der Waals surface area (Å²) in [6, 6.07) is -1.67. The zero-order chi connectivity index (χ0) is 16.8. The van der Waals surface area contributed by atoms with Gasteiger partial charge < -0.3 is 5.32 Å². The summed E-state index contributed by atoms with van der Waals surface area (Å²) in [6.45, 7) is 1.68. The number of carbonyl (C=O) groups is 2. The summed E-state index contributed by atoms with van der Waals surface area (Å²) in [6.07, 6.45) is 0.654. The number of rotatable bonds is 4. The quantitative estimate of drug-likeness (QED) is 0.821. The number of hydrogen-bond acceptors (Lipinski definition) is 4. The van der Waals surface area contributed by atoms with E-state index in [1.54, 1.807) is 24.0 Å². The lowest BCUT2D eigenvalue weighted by molar-refractivity contribution is -0.127. The van der Waals surface area contributed by atoms with Gasteiger partial charge in [-0.05, 0) is 32.6 Å². The lowest BCUT2D eigenvalue weighted by atomic mass is 10.2. The van der Waals surface area contributed by atoms with Gasteiger partial charge in [0.25, 0.3) is 0 Å². The Hall–Kier alpha value is -0.960. The molecule has 2 N–H and O–H groups in total. The van der Waals surface area contributed by atoms with Crippen LogP contribution in [0.4, 0.5) is 18.0 Å². The van der Waals surface area contributed by atoms with Gasteiger partial charge in [0, 0.05) is 11.8 Å². The van der Waals surface area contributed by atoms with E-state index in [4.69, 9.17) is 0 Å². The first-order valence-electron chi connectivity index (χ1n) is 7.15. The molecule has 0 bridgehead atoms. The number of thioether (sulfide) groups is 1. The van der Waals surface area contributed by atoms with Crippen LogP contribution in [0.15, 0.2) is 0 Å². The molecule has 9 heteroatoms. The van der Waals surface area contributed by atoms with Crippen LogP contribution in [0.25, 0.3) is 0 Å². The monoisotopic (exact) mass is 341 g/mol. The lowest BCUT2D eigenvalue weighted by Crippen LogP contribution is -2.51. The zero-order valence-corrected chi connectivity index (χ0v) is 13.5. The number of urea groups is 1. The van der Waals surface area contributed by atoms with E-state index in [0.29, 0.717) is 5.25 Å². The second-order valence-corrected chi connectivity index (χ2v) is 6.45. The van der Waals surface area contributed by atoms with Crippen molar-refractivity contribution in [2.45, 2.75) is 43.7 Å². The molecule has 3 amide bonds. The molecule has 0 aromatic carbocycles. The van der Waals surface area contributed by atoms with E-state index in [2.05, 4.69) is 0 Å². The number of carbonyl (C=O) groups excluding carboxylic acids is 2. The summed E-state index contributed by atoms with van der Waals surface area (Å²) in [5.74, 6) is -0.582. The smallest absolute Gasteiger partial charge is 0.329 e. The Kier molecular flexibility index (Phi) is 7.47. The molecule has 1 aliphatic heterocycles. The first-order chi connectivity index (χ1) is 10.2. The molecule has 0 radical (unpaired) electrons. The Balaban J connectivity index is 2.47. The highest BCUT2D eigenvalue weighted by Crippen LogP contribution is 2.21. The van der Waals surface area contributed by atoms with E-state index in [-0.39, 0.29) is 0 Å². The predicted octanol–water partition coefficient (Wildman–Crippen LogP) is 1.98. The highest BCUT2D eigenvalue weighted by atomic mass is 32.2. The van der Waals surface area contributed by atoms with E-state index in [9.17, 15) is 22.8 Å². The van der Waals surface area contributed by atoms with Gasteiger partial charge in [-0.25, -0.2) is 4.79 Å². The van der Waals surface area contributed by atoms with Crippen LogP contribution in [0, 0.1) is 0 Å². The van der Waals surface area contributed by atoms with Crippen molar-refractivity contribution in [1.82, 2.24) is 15.5 Å². The van der Waals surface area contributed by atoms with Gasteiger partial charge in [-0.2, -0.15) is 24.9 Å². The van der Waals surface area contributed by atoms with Crippen LogP contribution in [0.2, 0.25) is 0 Å². The molecule has 0 unspecified atom stereocenters. The van der Waals surface area contributed by atoms with Gasteiger partial charge in [0.15, 0.2) is 0 Å². The Morgan fingerprint density at radius 3 is 2.64 bits per heavy atom. The summed E-state index contributed by atoms with van der Waals surface area (Å²) >= 11 is 1.74. The number of alkyl halides is 3. The second-order valence-electron chi connectivity index (χ2n) is 5.31. The minimum atomic E-state index is -4.50. The number of nitrogens with one attached hydrogen (secondary N) is 2. The van der Waals surface area contributed by atoms with Crippen LogP contribution < -0.4 is 10.6 Å². The maximum atomic E-state index is 12.0. The van der Waals surface area contributed by atoms with Crippen LogP contribution in [0.1, 0.15) is 26.2 Å². The molecule has 1 heterocycles. The number of likely N-dealkylation sites (tertiary alicyclic amines) is 1. The summed E-state index contributed by atoms with van der Waals surface area (Å²) < 4.78 is 36.0. The van der Waals surface area contributed by atoms with Crippen molar-refractivity contribution in [2.75, 3.05) is 25.9 Å². The minimum absolute atomic E-state index is 0.428. The van der Waals surface area contributed by atoms with Crippen molar-refractivity contribution < 1.29 is 22.8 Å². The van der Waals surface area contributed by atoms with Gasteiger partial charge >= 0.3 is 12.2 Å². The number of hydrogen-bond donors (Lipinski definition) is 2. The van der Waals surface area contributed by atoms with E-state index in [1.807, 2.05) is 16.5 Å². The SMILES string of the molecule is CS[C@@H]1CCCCN([C@@H](C)C(=O)NC(=O)NCC(F)(F)F)C1. The van der Waals surface area contributed by atoms with Crippen molar-refractivity contribution in [1.29, 1.82) is 0 Å². The third-order valence-electron chi connectivity index (χ3n) is 3.61. The summed E-state index contributed by atoms with van der Waals surface area (Å²) in [5.41, 5.74) is 0. The second kappa shape index (κ2) is 8.61. The standard InChI is InChI=1S/C13H22F3N3O2S/c1-9(19-6-4-3-5-10(7-19)22-2)11(20)18-12(21)17-8-13(14,15)16/h9-10H,3-8H2,1-2H3,(H2,17,18,20,21)/t9-,10+/m0/s1. The fraction of sp³-hybridized carbons (Fsp3) is 0.846. The fourth-order valence-electron chi connectivity index (χ4n) is 2.28. The van der Waals surface area contributed by atoms with E-state index in [0.717, 1.165) is 32.4 Å². The number of imide groups is 1. The molecule has 22 heavy (non-hydrogen) atoms. The number of halogens is 3. The number of nitrogens with zero attached hydrogens (tertiary/aromatic N) is 1. The molecule has 1 fully saturated rings.